The second kappa shape index (κ2) is 56.4. The molecular formula is C61H106O5. The molecule has 0 saturated heterocycles. The third-order valence-corrected chi connectivity index (χ3v) is 11.9. The number of unbranched alkanes of at least 4 members (excludes halogenated alkanes) is 26. The van der Waals surface area contributed by atoms with Crippen molar-refractivity contribution in [1.29, 1.82) is 0 Å². The minimum atomic E-state index is -0.558. The SMILES string of the molecule is CC/C=C\C/C=C\C/C=C\C/C=C\CCCCCCC(=O)OCC(COCCCCCCCCCCCCCCCCCCCC)OC(=O)CCCCCCC/C=C\C/C=C\C/C=C\CC. The summed E-state index contributed by atoms with van der Waals surface area (Å²) in [7, 11) is 0. The Balaban J connectivity index is 4.32. The standard InChI is InChI=1S/C61H106O5/c1-4-7-10-13-16-19-22-25-28-30-32-35-38-41-44-47-50-53-56-64-57-59(66-61(63)55-52-49-46-43-40-37-33-27-24-21-18-15-12-9-6-3)58-65-60(62)54-51-48-45-42-39-36-34-31-29-26-23-20-17-14-11-8-5-2/h8-9,11-12,17-18,20-21,26-27,29,33-34,36,59H,4-7,10,13-16,19,22-25,28,30-32,35,37-58H2,1-3H3/b11-8-,12-9-,20-17-,21-18-,29-26-,33-27-,36-34-. The van der Waals surface area contributed by atoms with Crippen molar-refractivity contribution in [3.63, 3.8) is 0 Å². The Labute approximate surface area is 409 Å². The smallest absolute Gasteiger partial charge is 0.306 e. The van der Waals surface area contributed by atoms with Crippen LogP contribution in [0.15, 0.2) is 85.1 Å². The molecular weight excluding hydrogens is 813 g/mol. The van der Waals surface area contributed by atoms with Crippen molar-refractivity contribution in [1.82, 2.24) is 0 Å². The van der Waals surface area contributed by atoms with Gasteiger partial charge in [0.15, 0.2) is 6.10 Å². The molecule has 0 aliphatic rings. The third kappa shape index (κ3) is 53.7. The van der Waals surface area contributed by atoms with Gasteiger partial charge in [-0.3, -0.25) is 9.59 Å². The van der Waals surface area contributed by atoms with E-state index in [0.29, 0.717) is 19.4 Å². The van der Waals surface area contributed by atoms with Crippen LogP contribution < -0.4 is 0 Å². The van der Waals surface area contributed by atoms with E-state index in [2.05, 4.69) is 106 Å². The fourth-order valence-electron chi connectivity index (χ4n) is 7.81. The number of rotatable bonds is 51. The van der Waals surface area contributed by atoms with E-state index in [4.69, 9.17) is 14.2 Å². The van der Waals surface area contributed by atoms with Crippen molar-refractivity contribution in [2.75, 3.05) is 19.8 Å². The first kappa shape index (κ1) is 63.1. The number of ether oxygens (including phenoxy) is 3. The molecule has 0 N–H and O–H groups in total. The summed E-state index contributed by atoms with van der Waals surface area (Å²) in [6.07, 6.45) is 74.6. The molecule has 0 aromatic rings. The predicted octanol–water partition coefficient (Wildman–Crippen LogP) is 19.2. The first-order valence-corrected chi connectivity index (χ1v) is 28.1. The maximum Gasteiger partial charge on any atom is 0.306 e. The van der Waals surface area contributed by atoms with Crippen molar-refractivity contribution in [3.05, 3.63) is 85.1 Å². The van der Waals surface area contributed by atoms with Gasteiger partial charge in [-0.15, -0.1) is 0 Å². The quantitative estimate of drug-likeness (QED) is 0.0346. The Morgan fingerprint density at radius 1 is 0.348 bits per heavy atom. The second-order valence-corrected chi connectivity index (χ2v) is 18.4. The van der Waals surface area contributed by atoms with Crippen LogP contribution in [0.4, 0.5) is 0 Å². The van der Waals surface area contributed by atoms with E-state index in [-0.39, 0.29) is 25.2 Å². The average molecular weight is 920 g/mol. The van der Waals surface area contributed by atoms with Gasteiger partial charge in [0.05, 0.1) is 6.61 Å². The van der Waals surface area contributed by atoms with Gasteiger partial charge in [-0.25, -0.2) is 0 Å². The fraction of sp³-hybridized carbons (Fsp3) is 0.738. The summed E-state index contributed by atoms with van der Waals surface area (Å²) in [6, 6.07) is 0. The highest BCUT2D eigenvalue weighted by Gasteiger charge is 2.17. The second-order valence-electron chi connectivity index (χ2n) is 18.4. The van der Waals surface area contributed by atoms with Gasteiger partial charge in [-0.2, -0.15) is 0 Å². The summed E-state index contributed by atoms with van der Waals surface area (Å²) in [5.74, 6) is -0.438. The van der Waals surface area contributed by atoms with Crippen LogP contribution in [0, 0.1) is 0 Å². The van der Waals surface area contributed by atoms with Crippen LogP contribution in [0.5, 0.6) is 0 Å². The van der Waals surface area contributed by atoms with Gasteiger partial charge >= 0.3 is 11.9 Å². The van der Waals surface area contributed by atoms with Crippen molar-refractivity contribution in [2.45, 2.75) is 271 Å². The molecule has 0 radical (unpaired) electrons. The number of hydrogen-bond acceptors (Lipinski definition) is 5. The molecule has 5 heteroatoms. The highest BCUT2D eigenvalue weighted by molar-refractivity contribution is 5.70. The zero-order chi connectivity index (χ0) is 47.7. The molecule has 0 saturated carbocycles. The topological polar surface area (TPSA) is 61.8 Å². The van der Waals surface area contributed by atoms with Gasteiger partial charge < -0.3 is 14.2 Å². The lowest BCUT2D eigenvalue weighted by atomic mass is 10.0. The number of allylic oxidation sites excluding steroid dienone is 14. The zero-order valence-corrected chi connectivity index (χ0v) is 43.7. The molecule has 0 aromatic heterocycles. The molecule has 0 aliphatic carbocycles. The van der Waals surface area contributed by atoms with Gasteiger partial charge in [0.2, 0.25) is 0 Å². The highest BCUT2D eigenvalue weighted by Crippen LogP contribution is 2.15. The maximum atomic E-state index is 12.8. The summed E-state index contributed by atoms with van der Waals surface area (Å²) in [6.45, 7) is 7.59. The fourth-order valence-corrected chi connectivity index (χ4v) is 7.81. The van der Waals surface area contributed by atoms with Gasteiger partial charge in [-0.05, 0) is 89.9 Å². The molecule has 0 rings (SSSR count). The summed E-state index contributed by atoms with van der Waals surface area (Å²) in [5.41, 5.74) is 0. The molecule has 380 valence electrons. The Hall–Kier alpha value is -2.92. The van der Waals surface area contributed by atoms with Gasteiger partial charge in [0, 0.05) is 19.4 Å². The van der Waals surface area contributed by atoms with E-state index in [0.717, 1.165) is 116 Å². The van der Waals surface area contributed by atoms with Crippen molar-refractivity contribution < 1.29 is 23.8 Å². The van der Waals surface area contributed by atoms with Gasteiger partial charge in [-0.1, -0.05) is 247 Å². The normalized spacial score (nSPS) is 12.8. The largest absolute Gasteiger partial charge is 0.462 e. The van der Waals surface area contributed by atoms with Crippen molar-refractivity contribution in [2.24, 2.45) is 0 Å². The molecule has 0 heterocycles. The van der Waals surface area contributed by atoms with Crippen LogP contribution in [0.1, 0.15) is 265 Å². The first-order valence-electron chi connectivity index (χ1n) is 28.1. The minimum absolute atomic E-state index is 0.0642. The van der Waals surface area contributed by atoms with Gasteiger partial charge in [0.25, 0.3) is 0 Å². The number of carbonyl (C=O) groups is 2. The molecule has 0 bridgehead atoms. The van der Waals surface area contributed by atoms with Crippen molar-refractivity contribution in [3.8, 4) is 0 Å². The van der Waals surface area contributed by atoms with Crippen LogP contribution >= 0.6 is 0 Å². The predicted molar refractivity (Wildman–Crippen MR) is 288 cm³/mol. The van der Waals surface area contributed by atoms with Crippen LogP contribution in [0.25, 0.3) is 0 Å². The van der Waals surface area contributed by atoms with E-state index in [1.54, 1.807) is 0 Å². The maximum absolute atomic E-state index is 12.8. The summed E-state index contributed by atoms with van der Waals surface area (Å²) < 4.78 is 17.4. The lowest BCUT2D eigenvalue weighted by Crippen LogP contribution is -2.30. The summed E-state index contributed by atoms with van der Waals surface area (Å²) in [5, 5.41) is 0. The molecule has 0 aromatic carbocycles. The molecule has 66 heavy (non-hydrogen) atoms. The highest BCUT2D eigenvalue weighted by atomic mass is 16.6. The molecule has 0 fully saturated rings. The summed E-state index contributed by atoms with van der Waals surface area (Å²) >= 11 is 0. The Bertz CT molecular complexity index is 1220. The average Bonchev–Trinajstić information content (AvgIpc) is 3.32. The number of carbonyl (C=O) groups excluding carboxylic acids is 2. The monoisotopic (exact) mass is 919 g/mol. The van der Waals surface area contributed by atoms with E-state index < -0.39 is 6.10 Å². The Morgan fingerprint density at radius 3 is 1.09 bits per heavy atom. The molecule has 5 nitrogen and oxygen atoms in total. The van der Waals surface area contributed by atoms with Crippen LogP contribution in [-0.4, -0.2) is 37.9 Å². The van der Waals surface area contributed by atoms with Crippen molar-refractivity contribution >= 4 is 11.9 Å². The molecule has 0 aliphatic heterocycles. The van der Waals surface area contributed by atoms with Gasteiger partial charge in [0.1, 0.15) is 6.61 Å². The first-order chi connectivity index (χ1) is 32.6. The number of hydrogen-bond donors (Lipinski definition) is 0. The van der Waals surface area contributed by atoms with E-state index in [1.165, 1.54) is 116 Å². The lowest BCUT2D eigenvalue weighted by molar-refractivity contribution is -0.163. The van der Waals surface area contributed by atoms with Crippen LogP contribution in [0.3, 0.4) is 0 Å². The molecule has 1 atom stereocenters. The number of esters is 2. The zero-order valence-electron chi connectivity index (χ0n) is 43.7. The molecule has 1 unspecified atom stereocenters. The third-order valence-electron chi connectivity index (χ3n) is 11.9. The van der Waals surface area contributed by atoms with E-state index >= 15 is 0 Å². The Morgan fingerprint density at radius 2 is 0.682 bits per heavy atom. The van der Waals surface area contributed by atoms with Crippen LogP contribution in [-0.2, 0) is 23.8 Å². The van der Waals surface area contributed by atoms with E-state index in [9.17, 15) is 9.59 Å². The lowest BCUT2D eigenvalue weighted by Gasteiger charge is -2.18. The summed E-state index contributed by atoms with van der Waals surface area (Å²) in [4.78, 5) is 25.5. The minimum Gasteiger partial charge on any atom is -0.462 e. The van der Waals surface area contributed by atoms with E-state index in [1.807, 2.05) is 0 Å². The van der Waals surface area contributed by atoms with Crippen LogP contribution in [0.2, 0.25) is 0 Å². The Kier molecular flexibility index (Phi) is 53.9. The molecule has 0 amide bonds. The molecule has 0 spiro atoms.